The molecule has 4 heteroatoms. The molecule has 2 N–H and O–H groups in total. The molecule has 0 aromatic heterocycles. The Morgan fingerprint density at radius 2 is 1.92 bits per heavy atom. The van der Waals surface area contributed by atoms with Crippen molar-refractivity contribution in [1.82, 2.24) is 15.5 Å². The van der Waals surface area contributed by atoms with Crippen molar-refractivity contribution < 1.29 is 0 Å². The van der Waals surface area contributed by atoms with Crippen molar-refractivity contribution in [2.45, 2.75) is 70.9 Å². The first kappa shape index (κ1) is 19.2. The first-order valence-corrected chi connectivity index (χ1v) is 10.6. The summed E-state index contributed by atoms with van der Waals surface area (Å²) in [6, 6.07) is 9.86. The summed E-state index contributed by atoms with van der Waals surface area (Å²) in [6.07, 6.45) is 6.27. The Morgan fingerprint density at radius 1 is 1.15 bits per heavy atom. The van der Waals surface area contributed by atoms with Gasteiger partial charge in [-0.3, -0.25) is 4.99 Å². The van der Waals surface area contributed by atoms with E-state index in [0.29, 0.717) is 18.0 Å². The van der Waals surface area contributed by atoms with E-state index in [1.54, 1.807) is 0 Å². The zero-order valence-corrected chi connectivity index (χ0v) is 16.8. The molecule has 1 saturated carbocycles. The van der Waals surface area contributed by atoms with Gasteiger partial charge in [0.25, 0.3) is 0 Å². The van der Waals surface area contributed by atoms with Crippen LogP contribution >= 0.6 is 0 Å². The van der Waals surface area contributed by atoms with E-state index in [1.807, 2.05) is 0 Å². The zero-order chi connectivity index (χ0) is 18.4. The number of aryl methyl sites for hydroxylation is 1. The van der Waals surface area contributed by atoms with Crippen LogP contribution in [-0.4, -0.2) is 49.1 Å². The van der Waals surface area contributed by atoms with Crippen LogP contribution in [0.4, 0.5) is 0 Å². The number of hydrogen-bond donors (Lipinski definition) is 2. The maximum Gasteiger partial charge on any atom is 0.191 e. The third kappa shape index (κ3) is 5.23. The second kappa shape index (κ2) is 9.40. The molecule has 144 valence electrons. The second-order valence-electron chi connectivity index (χ2n) is 7.89. The summed E-state index contributed by atoms with van der Waals surface area (Å²) in [6.45, 7) is 11.1. The summed E-state index contributed by atoms with van der Waals surface area (Å²) in [7, 11) is 0. The lowest BCUT2D eigenvalue weighted by Crippen LogP contribution is -2.49. The van der Waals surface area contributed by atoms with Gasteiger partial charge < -0.3 is 15.5 Å². The fourth-order valence-electron chi connectivity index (χ4n) is 4.04. The van der Waals surface area contributed by atoms with E-state index in [1.165, 1.54) is 62.9 Å². The van der Waals surface area contributed by atoms with Gasteiger partial charge >= 0.3 is 0 Å². The largest absolute Gasteiger partial charge is 0.354 e. The Bertz CT molecular complexity index is 590. The van der Waals surface area contributed by atoms with Crippen LogP contribution < -0.4 is 10.6 Å². The number of nitrogens with zero attached hydrogens (tertiary/aromatic N) is 2. The Kier molecular flexibility index (Phi) is 6.95. The van der Waals surface area contributed by atoms with Crippen molar-refractivity contribution in [1.29, 1.82) is 0 Å². The number of piperidine rings is 1. The summed E-state index contributed by atoms with van der Waals surface area (Å²) in [5.41, 5.74) is 2.90. The van der Waals surface area contributed by atoms with E-state index in [-0.39, 0.29) is 0 Å². The van der Waals surface area contributed by atoms with Crippen LogP contribution in [0.25, 0.3) is 0 Å². The van der Waals surface area contributed by atoms with Crippen LogP contribution in [-0.2, 0) is 0 Å². The molecule has 2 unspecified atom stereocenters. The van der Waals surface area contributed by atoms with Crippen molar-refractivity contribution >= 4 is 5.96 Å². The normalized spacial score (nSPS) is 24.5. The Balaban J connectivity index is 1.47. The van der Waals surface area contributed by atoms with Gasteiger partial charge in [-0.1, -0.05) is 37.6 Å². The number of likely N-dealkylation sites (tertiary alicyclic amines) is 1. The topological polar surface area (TPSA) is 39.7 Å². The fraction of sp³-hybridized carbons (Fsp3) is 0.682. The van der Waals surface area contributed by atoms with Crippen molar-refractivity contribution in [2.75, 3.05) is 26.2 Å². The molecule has 26 heavy (non-hydrogen) atoms. The SMILES string of the molecule is CCCCN1CCC(NC(=NCC)NC2CC2c2ccccc2C)CC1. The highest BCUT2D eigenvalue weighted by atomic mass is 15.2. The molecule has 1 heterocycles. The van der Waals surface area contributed by atoms with Gasteiger partial charge in [0.2, 0.25) is 0 Å². The van der Waals surface area contributed by atoms with E-state index in [4.69, 9.17) is 4.99 Å². The number of guanidine groups is 1. The third-order valence-electron chi connectivity index (χ3n) is 5.77. The molecular weight excluding hydrogens is 320 g/mol. The molecule has 2 atom stereocenters. The lowest BCUT2D eigenvalue weighted by Gasteiger charge is -2.33. The molecule has 1 saturated heterocycles. The molecule has 0 spiro atoms. The lowest BCUT2D eigenvalue weighted by atomic mass is 10.0. The van der Waals surface area contributed by atoms with Gasteiger partial charge in [0.1, 0.15) is 0 Å². The van der Waals surface area contributed by atoms with Crippen LogP contribution in [0.2, 0.25) is 0 Å². The van der Waals surface area contributed by atoms with E-state index >= 15 is 0 Å². The third-order valence-corrected chi connectivity index (χ3v) is 5.77. The average Bonchev–Trinajstić information content (AvgIpc) is 3.40. The highest BCUT2D eigenvalue weighted by molar-refractivity contribution is 5.81. The number of benzene rings is 1. The minimum atomic E-state index is 0.526. The minimum Gasteiger partial charge on any atom is -0.354 e. The molecule has 1 aromatic rings. The molecule has 0 bridgehead atoms. The van der Waals surface area contributed by atoms with Crippen molar-refractivity contribution in [3.63, 3.8) is 0 Å². The summed E-state index contributed by atoms with van der Waals surface area (Å²) in [5.74, 6) is 1.65. The van der Waals surface area contributed by atoms with E-state index in [0.717, 1.165) is 12.5 Å². The molecule has 2 fully saturated rings. The first-order valence-electron chi connectivity index (χ1n) is 10.6. The van der Waals surface area contributed by atoms with E-state index < -0.39 is 0 Å². The fourth-order valence-corrected chi connectivity index (χ4v) is 4.04. The predicted molar refractivity (Wildman–Crippen MR) is 111 cm³/mol. The summed E-state index contributed by atoms with van der Waals surface area (Å²) < 4.78 is 0. The van der Waals surface area contributed by atoms with Gasteiger partial charge in [-0.25, -0.2) is 0 Å². The standard InChI is InChI=1S/C22H36N4/c1-4-6-13-26-14-11-18(12-15-26)24-22(23-5-2)25-21-16-20(21)19-10-8-7-9-17(19)3/h7-10,18,20-21H,4-6,11-16H2,1-3H3,(H2,23,24,25). The van der Waals surface area contributed by atoms with Crippen LogP contribution in [0.1, 0.15) is 63.0 Å². The van der Waals surface area contributed by atoms with Crippen LogP contribution in [0.5, 0.6) is 0 Å². The van der Waals surface area contributed by atoms with E-state index in [9.17, 15) is 0 Å². The molecule has 1 aliphatic carbocycles. The van der Waals surface area contributed by atoms with E-state index in [2.05, 4.69) is 60.6 Å². The molecular formula is C22H36N4. The maximum absolute atomic E-state index is 4.70. The van der Waals surface area contributed by atoms with Crippen LogP contribution in [0.15, 0.2) is 29.3 Å². The number of aliphatic imine (C=N–C) groups is 1. The van der Waals surface area contributed by atoms with Crippen molar-refractivity contribution in [3.05, 3.63) is 35.4 Å². The molecule has 2 aliphatic rings. The smallest absolute Gasteiger partial charge is 0.191 e. The predicted octanol–water partition coefficient (Wildman–Crippen LogP) is 3.67. The maximum atomic E-state index is 4.70. The van der Waals surface area contributed by atoms with Gasteiger partial charge in [0.15, 0.2) is 5.96 Å². The van der Waals surface area contributed by atoms with Crippen LogP contribution in [0.3, 0.4) is 0 Å². The number of rotatable bonds is 7. The van der Waals surface area contributed by atoms with Crippen molar-refractivity contribution in [2.24, 2.45) is 4.99 Å². The van der Waals surface area contributed by atoms with Gasteiger partial charge in [-0.05, 0) is 57.2 Å². The average molecular weight is 357 g/mol. The quantitative estimate of drug-likeness (QED) is 0.578. The number of nitrogens with one attached hydrogen (secondary N) is 2. The van der Waals surface area contributed by atoms with Gasteiger partial charge in [0.05, 0.1) is 0 Å². The summed E-state index contributed by atoms with van der Waals surface area (Å²) in [5, 5.41) is 7.39. The summed E-state index contributed by atoms with van der Waals surface area (Å²) in [4.78, 5) is 7.31. The number of unbranched alkanes of at least 4 members (excludes halogenated alkanes) is 1. The van der Waals surface area contributed by atoms with Gasteiger partial charge in [0, 0.05) is 37.6 Å². The highest BCUT2D eigenvalue weighted by Gasteiger charge is 2.40. The molecule has 1 aliphatic heterocycles. The molecule has 4 nitrogen and oxygen atoms in total. The lowest BCUT2D eigenvalue weighted by molar-refractivity contribution is 0.203. The molecule has 0 radical (unpaired) electrons. The molecule has 3 rings (SSSR count). The minimum absolute atomic E-state index is 0.526. The zero-order valence-electron chi connectivity index (χ0n) is 16.8. The Morgan fingerprint density at radius 3 is 2.62 bits per heavy atom. The molecule has 1 aromatic carbocycles. The Labute approximate surface area is 159 Å². The van der Waals surface area contributed by atoms with Gasteiger partial charge in [-0.15, -0.1) is 0 Å². The van der Waals surface area contributed by atoms with Crippen molar-refractivity contribution in [3.8, 4) is 0 Å². The highest BCUT2D eigenvalue weighted by Crippen LogP contribution is 2.42. The van der Waals surface area contributed by atoms with Crippen LogP contribution in [0, 0.1) is 6.92 Å². The second-order valence-corrected chi connectivity index (χ2v) is 7.89. The number of hydrogen-bond acceptors (Lipinski definition) is 2. The van der Waals surface area contributed by atoms with Gasteiger partial charge in [-0.2, -0.15) is 0 Å². The first-order chi connectivity index (χ1) is 12.7. The molecule has 0 amide bonds. The Hall–Kier alpha value is -1.55. The monoisotopic (exact) mass is 356 g/mol. The summed E-state index contributed by atoms with van der Waals surface area (Å²) >= 11 is 0.